The first kappa shape index (κ1) is 23.5. The van der Waals surface area contributed by atoms with Gasteiger partial charge in [-0.05, 0) is 43.2 Å². The number of nitrogens with one attached hydrogen (secondary N) is 1. The van der Waals surface area contributed by atoms with Crippen LogP contribution in [0.4, 0.5) is 14.5 Å². The van der Waals surface area contributed by atoms with Gasteiger partial charge >= 0.3 is 0 Å². The van der Waals surface area contributed by atoms with E-state index in [1.807, 2.05) is 0 Å². The van der Waals surface area contributed by atoms with Crippen LogP contribution in [-0.2, 0) is 10.0 Å². The van der Waals surface area contributed by atoms with E-state index in [-0.39, 0.29) is 26.8 Å². The Morgan fingerprint density at radius 2 is 1.77 bits per heavy atom. The summed E-state index contributed by atoms with van der Waals surface area (Å²) >= 11 is 0.326. The number of hydrogen-bond acceptors (Lipinski definition) is 5. The summed E-state index contributed by atoms with van der Waals surface area (Å²) in [5.74, 6) is -3.09. The lowest BCUT2D eigenvalue weighted by Crippen LogP contribution is -2.32. The van der Waals surface area contributed by atoms with Crippen molar-refractivity contribution in [2.45, 2.75) is 41.2 Å². The summed E-state index contributed by atoms with van der Waals surface area (Å²) in [4.78, 5) is 12.9. The highest BCUT2D eigenvalue weighted by Gasteiger charge is 2.29. The Labute approximate surface area is 185 Å². The van der Waals surface area contributed by atoms with Crippen LogP contribution >= 0.6 is 11.8 Å². The van der Waals surface area contributed by atoms with Crippen LogP contribution in [0.3, 0.4) is 0 Å². The zero-order valence-corrected chi connectivity index (χ0v) is 18.6. The van der Waals surface area contributed by atoms with Gasteiger partial charge in [-0.3, -0.25) is 4.79 Å². The topological polar surface area (TPSA) is 75.7 Å². The van der Waals surface area contributed by atoms with Crippen LogP contribution in [0.2, 0.25) is 0 Å². The monoisotopic (exact) mass is 470 g/mol. The number of rotatable bonds is 7. The Balaban J connectivity index is 1.91. The van der Waals surface area contributed by atoms with Gasteiger partial charge in [-0.1, -0.05) is 36.7 Å². The third-order valence-electron chi connectivity index (χ3n) is 4.96. The van der Waals surface area contributed by atoms with Gasteiger partial charge in [-0.25, -0.2) is 8.42 Å². The predicted molar refractivity (Wildman–Crippen MR) is 116 cm³/mol. The van der Waals surface area contributed by atoms with Crippen LogP contribution in [0.5, 0.6) is 5.75 Å². The van der Waals surface area contributed by atoms with E-state index in [4.69, 9.17) is 4.74 Å². The third kappa shape index (κ3) is 5.75. The first-order chi connectivity index (χ1) is 14.8. The maximum atomic E-state index is 13.3. The van der Waals surface area contributed by atoms with Crippen LogP contribution in [-0.4, -0.2) is 44.6 Å². The molecule has 6 nitrogen and oxygen atoms in total. The molecular formula is C21H24F2N2O4S2. The maximum absolute atomic E-state index is 13.3. The second kappa shape index (κ2) is 10.4. The van der Waals surface area contributed by atoms with Crippen molar-refractivity contribution in [1.82, 2.24) is 4.31 Å². The highest BCUT2D eigenvalue weighted by atomic mass is 32.2. The van der Waals surface area contributed by atoms with E-state index in [0.717, 1.165) is 25.7 Å². The highest BCUT2D eigenvalue weighted by molar-refractivity contribution is 7.99. The molecule has 3 rings (SSSR count). The number of alkyl halides is 2. The number of benzene rings is 2. The fourth-order valence-electron chi connectivity index (χ4n) is 3.40. The molecule has 0 aromatic heterocycles. The van der Waals surface area contributed by atoms with Crippen molar-refractivity contribution >= 4 is 33.4 Å². The van der Waals surface area contributed by atoms with Crippen molar-refractivity contribution in [3.63, 3.8) is 0 Å². The van der Waals surface area contributed by atoms with E-state index < -0.39 is 21.7 Å². The van der Waals surface area contributed by atoms with Gasteiger partial charge in [0.05, 0.1) is 12.8 Å². The normalized spacial score (nSPS) is 15.5. The molecule has 1 aliphatic heterocycles. The van der Waals surface area contributed by atoms with Gasteiger partial charge in [0.25, 0.3) is 11.7 Å². The van der Waals surface area contributed by atoms with E-state index in [2.05, 4.69) is 5.32 Å². The number of carbonyl (C=O) groups is 1. The number of ether oxygens (including phenoxy) is 1. The van der Waals surface area contributed by atoms with Gasteiger partial charge in [0.15, 0.2) is 0 Å². The Hall–Kier alpha value is -2.17. The van der Waals surface area contributed by atoms with Crippen LogP contribution in [0.15, 0.2) is 52.3 Å². The maximum Gasteiger partial charge on any atom is 0.288 e. The number of anilines is 1. The Morgan fingerprint density at radius 3 is 2.42 bits per heavy atom. The minimum absolute atomic E-state index is 0.0835. The molecule has 0 radical (unpaired) electrons. The number of para-hydroxylation sites is 1. The summed E-state index contributed by atoms with van der Waals surface area (Å²) in [6.07, 6.45) is 3.50. The molecule has 1 heterocycles. The van der Waals surface area contributed by atoms with Crippen molar-refractivity contribution in [3.8, 4) is 5.75 Å². The fraction of sp³-hybridized carbons (Fsp3) is 0.381. The van der Waals surface area contributed by atoms with Crippen LogP contribution in [0.1, 0.15) is 36.0 Å². The number of sulfonamides is 1. The van der Waals surface area contributed by atoms with Gasteiger partial charge in [0.1, 0.15) is 10.6 Å². The number of hydrogen-bond donors (Lipinski definition) is 1. The van der Waals surface area contributed by atoms with Crippen LogP contribution < -0.4 is 10.1 Å². The Morgan fingerprint density at radius 1 is 1.10 bits per heavy atom. The quantitative estimate of drug-likeness (QED) is 0.587. The van der Waals surface area contributed by atoms with Crippen molar-refractivity contribution in [1.29, 1.82) is 0 Å². The fourth-order valence-corrected chi connectivity index (χ4v) is 5.70. The van der Waals surface area contributed by atoms with E-state index >= 15 is 0 Å². The zero-order valence-electron chi connectivity index (χ0n) is 17.0. The Kier molecular flexibility index (Phi) is 7.90. The van der Waals surface area contributed by atoms with Gasteiger partial charge in [-0.15, -0.1) is 0 Å². The summed E-state index contributed by atoms with van der Waals surface area (Å²) in [6, 6.07) is 10.4. The number of carbonyl (C=O) groups excluding carboxylic acids is 1. The average Bonchev–Trinajstić information content (AvgIpc) is 3.04. The first-order valence-corrected chi connectivity index (χ1v) is 12.2. The molecular weight excluding hydrogens is 446 g/mol. The largest absolute Gasteiger partial charge is 0.495 e. The molecule has 0 bridgehead atoms. The van der Waals surface area contributed by atoms with Crippen molar-refractivity contribution in [2.75, 3.05) is 25.5 Å². The van der Waals surface area contributed by atoms with Crippen molar-refractivity contribution in [2.24, 2.45) is 0 Å². The minimum Gasteiger partial charge on any atom is -0.495 e. The first-order valence-electron chi connectivity index (χ1n) is 9.86. The SMILES string of the molecule is COc1ccc(C(=O)Nc2ccccc2SC(F)F)cc1S(=O)(=O)N1CCCCCC1. The molecule has 0 spiro atoms. The second-order valence-electron chi connectivity index (χ2n) is 7.01. The molecule has 1 aliphatic rings. The molecule has 168 valence electrons. The molecule has 2 aromatic rings. The molecule has 1 N–H and O–H groups in total. The van der Waals surface area contributed by atoms with Crippen molar-refractivity contribution < 1.29 is 26.7 Å². The lowest BCUT2D eigenvalue weighted by Gasteiger charge is -2.21. The number of amides is 1. The lowest BCUT2D eigenvalue weighted by molar-refractivity contribution is 0.102. The molecule has 31 heavy (non-hydrogen) atoms. The second-order valence-corrected chi connectivity index (χ2v) is 9.95. The van der Waals surface area contributed by atoms with Crippen LogP contribution in [0.25, 0.3) is 0 Å². The molecule has 2 aromatic carbocycles. The van der Waals surface area contributed by atoms with Gasteiger partial charge in [-0.2, -0.15) is 13.1 Å². The third-order valence-corrected chi connectivity index (χ3v) is 7.67. The average molecular weight is 471 g/mol. The van der Waals surface area contributed by atoms with E-state index in [1.165, 1.54) is 41.7 Å². The number of halogens is 2. The van der Waals surface area contributed by atoms with Crippen molar-refractivity contribution in [3.05, 3.63) is 48.0 Å². The number of thioether (sulfide) groups is 1. The number of methoxy groups -OCH3 is 1. The molecule has 10 heteroatoms. The molecule has 1 amide bonds. The molecule has 0 aliphatic carbocycles. The van der Waals surface area contributed by atoms with E-state index in [0.29, 0.717) is 24.9 Å². The van der Waals surface area contributed by atoms with E-state index in [1.54, 1.807) is 12.1 Å². The van der Waals surface area contributed by atoms with Gasteiger partial charge in [0, 0.05) is 23.5 Å². The molecule has 1 saturated heterocycles. The highest BCUT2D eigenvalue weighted by Crippen LogP contribution is 2.33. The summed E-state index contributed by atoms with van der Waals surface area (Å²) in [6.45, 7) is 0.834. The molecule has 0 atom stereocenters. The lowest BCUT2D eigenvalue weighted by atomic mass is 10.2. The smallest absolute Gasteiger partial charge is 0.288 e. The number of nitrogens with zero attached hydrogens (tertiary/aromatic N) is 1. The minimum atomic E-state index is -3.86. The van der Waals surface area contributed by atoms with Gasteiger partial charge in [0.2, 0.25) is 10.0 Å². The molecule has 1 fully saturated rings. The van der Waals surface area contributed by atoms with E-state index in [9.17, 15) is 22.0 Å². The standard InChI is InChI=1S/C21H24F2N2O4S2/c1-29-17-11-10-15(14-19(17)31(27,28)25-12-6-2-3-7-13-25)20(26)24-16-8-4-5-9-18(16)30-21(22)23/h4-5,8-11,14,21H,2-3,6-7,12-13H2,1H3,(H,24,26). The predicted octanol–water partition coefficient (Wildman–Crippen LogP) is 4.83. The Bertz CT molecular complexity index is 1020. The summed E-state index contributed by atoms with van der Waals surface area (Å²) in [7, 11) is -2.49. The van der Waals surface area contributed by atoms with Crippen LogP contribution in [0, 0.1) is 0 Å². The molecule has 0 unspecified atom stereocenters. The van der Waals surface area contributed by atoms with Gasteiger partial charge < -0.3 is 10.1 Å². The summed E-state index contributed by atoms with van der Waals surface area (Å²) in [5, 5.41) is 2.60. The summed E-state index contributed by atoms with van der Waals surface area (Å²) in [5.41, 5.74) is 0.316. The summed E-state index contributed by atoms with van der Waals surface area (Å²) < 4.78 is 58.8. The molecule has 0 saturated carbocycles. The zero-order chi connectivity index (χ0) is 22.4.